The van der Waals surface area contributed by atoms with E-state index in [9.17, 15) is 4.79 Å². The van der Waals surface area contributed by atoms with E-state index in [1.165, 1.54) is 5.56 Å². The first-order valence-electron chi connectivity index (χ1n) is 13.4. The summed E-state index contributed by atoms with van der Waals surface area (Å²) >= 11 is 12.4. The zero-order valence-electron chi connectivity index (χ0n) is 21.7. The van der Waals surface area contributed by atoms with Gasteiger partial charge >= 0.3 is 0 Å². The second-order valence-electron chi connectivity index (χ2n) is 9.75. The Morgan fingerprint density at radius 1 is 0.744 bits per heavy atom. The molecule has 0 saturated heterocycles. The van der Waals surface area contributed by atoms with Gasteiger partial charge in [-0.1, -0.05) is 102 Å². The van der Waals surface area contributed by atoms with Gasteiger partial charge in [-0.2, -0.15) is 0 Å². The Morgan fingerprint density at radius 3 is 2.26 bits per heavy atom. The van der Waals surface area contributed by atoms with Crippen molar-refractivity contribution < 1.29 is 4.79 Å². The van der Waals surface area contributed by atoms with Crippen LogP contribution >= 0.6 is 23.2 Å². The van der Waals surface area contributed by atoms with Gasteiger partial charge in [0.05, 0.1) is 27.5 Å². The molecule has 0 aliphatic carbocycles. The van der Waals surface area contributed by atoms with Crippen molar-refractivity contribution in [1.82, 2.24) is 14.9 Å². The zero-order valence-corrected chi connectivity index (χ0v) is 23.3. The number of para-hydroxylation sites is 2. The third kappa shape index (κ3) is 7.08. The molecule has 4 nitrogen and oxygen atoms in total. The Kier molecular flexibility index (Phi) is 8.97. The molecule has 0 fully saturated rings. The number of halogens is 2. The van der Waals surface area contributed by atoms with Crippen molar-refractivity contribution in [2.75, 3.05) is 6.54 Å². The molecule has 0 aliphatic heterocycles. The van der Waals surface area contributed by atoms with Crippen LogP contribution in [0.15, 0.2) is 97.1 Å². The van der Waals surface area contributed by atoms with Crippen molar-refractivity contribution in [3.63, 3.8) is 0 Å². The minimum atomic E-state index is 0.0610. The first-order chi connectivity index (χ1) is 19.1. The van der Waals surface area contributed by atoms with Crippen LogP contribution in [0.2, 0.25) is 10.0 Å². The monoisotopic (exact) mass is 555 g/mol. The summed E-state index contributed by atoms with van der Waals surface area (Å²) < 4.78 is 2.26. The maximum Gasteiger partial charge on any atom is 0.224 e. The molecule has 0 aliphatic rings. The van der Waals surface area contributed by atoms with E-state index in [0.717, 1.165) is 59.2 Å². The van der Waals surface area contributed by atoms with Crippen molar-refractivity contribution in [2.45, 2.75) is 38.6 Å². The maximum atomic E-state index is 12.4. The number of nitrogens with zero attached hydrogens (tertiary/aromatic N) is 2. The summed E-state index contributed by atoms with van der Waals surface area (Å²) in [6.45, 7) is 1.37. The number of hydrogen-bond donors (Lipinski definition) is 1. The van der Waals surface area contributed by atoms with E-state index in [1.807, 2.05) is 60.7 Å². The number of carbonyl (C=O) groups excluding carboxylic acids is 1. The van der Waals surface area contributed by atoms with Gasteiger partial charge in [-0.3, -0.25) is 4.79 Å². The van der Waals surface area contributed by atoms with Crippen molar-refractivity contribution >= 4 is 40.1 Å². The Labute approximate surface area is 239 Å². The van der Waals surface area contributed by atoms with E-state index in [0.29, 0.717) is 29.6 Å². The van der Waals surface area contributed by atoms with Crippen molar-refractivity contribution in [3.8, 4) is 11.1 Å². The number of aryl methyl sites for hydroxylation is 1. The zero-order chi connectivity index (χ0) is 27.0. The first kappa shape index (κ1) is 27.0. The van der Waals surface area contributed by atoms with Crippen molar-refractivity contribution in [2.24, 2.45) is 0 Å². The predicted octanol–water partition coefficient (Wildman–Crippen LogP) is 8.13. The molecule has 0 bridgehead atoms. The summed E-state index contributed by atoms with van der Waals surface area (Å²) in [5.74, 6) is 1.12. The summed E-state index contributed by atoms with van der Waals surface area (Å²) in [4.78, 5) is 17.3. The summed E-state index contributed by atoms with van der Waals surface area (Å²) in [5.41, 5.74) is 6.56. The van der Waals surface area contributed by atoms with Crippen molar-refractivity contribution in [1.29, 1.82) is 0 Å². The lowest BCUT2D eigenvalue weighted by atomic mass is 10.0. The number of rotatable bonds is 11. The lowest BCUT2D eigenvalue weighted by Crippen LogP contribution is -2.26. The molecule has 0 radical (unpaired) electrons. The third-order valence-electron chi connectivity index (χ3n) is 6.88. The second-order valence-corrected chi connectivity index (χ2v) is 10.6. The van der Waals surface area contributed by atoms with E-state index in [1.54, 1.807) is 0 Å². The molecular formula is C33H31Cl2N3O. The number of amides is 1. The fraction of sp³-hybridized carbons (Fsp3) is 0.212. The smallest absolute Gasteiger partial charge is 0.224 e. The normalized spacial score (nSPS) is 11.1. The number of fused-ring (bicyclic) bond motifs is 1. The molecule has 1 heterocycles. The molecule has 0 saturated carbocycles. The van der Waals surface area contributed by atoms with E-state index >= 15 is 0 Å². The van der Waals surface area contributed by atoms with Gasteiger partial charge in [0.25, 0.3) is 0 Å². The highest BCUT2D eigenvalue weighted by Gasteiger charge is 2.12. The molecule has 39 heavy (non-hydrogen) atoms. The number of hydrogen-bond acceptors (Lipinski definition) is 2. The molecule has 198 valence electrons. The van der Waals surface area contributed by atoms with Crippen LogP contribution < -0.4 is 5.32 Å². The van der Waals surface area contributed by atoms with Gasteiger partial charge in [-0.15, -0.1) is 0 Å². The van der Waals surface area contributed by atoms with Gasteiger partial charge in [0.1, 0.15) is 5.82 Å². The molecule has 0 unspecified atom stereocenters. The summed E-state index contributed by atoms with van der Waals surface area (Å²) in [5, 5.41) is 4.19. The number of aromatic nitrogens is 2. The van der Waals surface area contributed by atoms with E-state index in [2.05, 4.69) is 46.3 Å². The van der Waals surface area contributed by atoms with Crippen LogP contribution in [0.1, 0.15) is 36.2 Å². The Bertz CT molecular complexity index is 1550. The average Bonchev–Trinajstić information content (AvgIpc) is 3.30. The number of imidazole rings is 1. The molecule has 1 amide bonds. The standard InChI is InChI=1S/C33H31Cl2N3O/c34-28-19-16-25(21-29(28)35)23-38-31-12-7-6-11-30(31)37-32(38)13-5-2-8-20-36-33(39)22-24-14-17-27(18-15-24)26-9-3-1-4-10-26/h1,3-4,6-7,9-12,14-19,21H,2,5,8,13,20,22-23H2,(H,36,39). The molecule has 1 aromatic heterocycles. The van der Waals surface area contributed by atoms with Gasteiger partial charge in [0.2, 0.25) is 5.91 Å². The minimum absolute atomic E-state index is 0.0610. The van der Waals surface area contributed by atoms with Crippen LogP contribution in [-0.2, 0) is 24.2 Å². The van der Waals surface area contributed by atoms with Crippen molar-refractivity contribution in [3.05, 3.63) is 124 Å². The lowest BCUT2D eigenvalue weighted by Gasteiger charge is -2.11. The number of carbonyl (C=O) groups is 1. The Balaban J connectivity index is 1.09. The van der Waals surface area contributed by atoms with Crippen LogP contribution in [0, 0.1) is 0 Å². The molecular weight excluding hydrogens is 525 g/mol. The molecule has 6 heteroatoms. The Hall–Kier alpha value is -3.60. The van der Waals surface area contributed by atoms with E-state index < -0.39 is 0 Å². The van der Waals surface area contributed by atoms with Crippen LogP contribution in [0.3, 0.4) is 0 Å². The number of benzene rings is 4. The summed E-state index contributed by atoms with van der Waals surface area (Å²) in [6, 6.07) is 32.5. The largest absolute Gasteiger partial charge is 0.356 e. The fourth-order valence-corrected chi connectivity index (χ4v) is 5.14. The average molecular weight is 557 g/mol. The highest BCUT2D eigenvalue weighted by molar-refractivity contribution is 6.42. The quantitative estimate of drug-likeness (QED) is 0.167. The first-order valence-corrected chi connectivity index (χ1v) is 14.1. The summed E-state index contributed by atoms with van der Waals surface area (Å²) in [6.07, 6.45) is 4.22. The minimum Gasteiger partial charge on any atom is -0.356 e. The van der Waals surface area contributed by atoms with Gasteiger partial charge < -0.3 is 9.88 Å². The van der Waals surface area contributed by atoms with Crippen LogP contribution in [0.5, 0.6) is 0 Å². The highest BCUT2D eigenvalue weighted by atomic mass is 35.5. The predicted molar refractivity (Wildman–Crippen MR) is 161 cm³/mol. The molecule has 4 aromatic carbocycles. The molecule has 0 atom stereocenters. The van der Waals surface area contributed by atoms with Crippen LogP contribution in [0.25, 0.3) is 22.2 Å². The van der Waals surface area contributed by atoms with Gasteiger partial charge in [-0.05, 0) is 59.4 Å². The number of nitrogens with one attached hydrogen (secondary N) is 1. The molecule has 5 rings (SSSR count). The maximum absolute atomic E-state index is 12.4. The summed E-state index contributed by atoms with van der Waals surface area (Å²) in [7, 11) is 0. The van der Waals surface area contributed by atoms with Crippen LogP contribution in [-0.4, -0.2) is 22.0 Å². The Morgan fingerprint density at radius 2 is 1.46 bits per heavy atom. The van der Waals surface area contributed by atoms with Gasteiger partial charge in [-0.25, -0.2) is 4.98 Å². The third-order valence-corrected chi connectivity index (χ3v) is 7.62. The number of unbranched alkanes of at least 4 members (excludes halogenated alkanes) is 2. The van der Waals surface area contributed by atoms with Gasteiger partial charge in [0, 0.05) is 19.5 Å². The SMILES string of the molecule is O=C(Cc1ccc(-c2ccccc2)cc1)NCCCCCc1nc2ccccc2n1Cc1ccc(Cl)c(Cl)c1. The van der Waals surface area contributed by atoms with Crippen LogP contribution in [0.4, 0.5) is 0 Å². The van der Waals surface area contributed by atoms with Gasteiger partial charge in [0.15, 0.2) is 0 Å². The highest BCUT2D eigenvalue weighted by Crippen LogP contribution is 2.25. The molecule has 0 spiro atoms. The van der Waals surface area contributed by atoms with E-state index in [4.69, 9.17) is 28.2 Å². The van der Waals surface area contributed by atoms with E-state index in [-0.39, 0.29) is 5.91 Å². The molecule has 5 aromatic rings. The lowest BCUT2D eigenvalue weighted by molar-refractivity contribution is -0.120. The second kappa shape index (κ2) is 13.0. The molecule has 1 N–H and O–H groups in total. The fourth-order valence-electron chi connectivity index (χ4n) is 4.82. The topological polar surface area (TPSA) is 46.9 Å².